The van der Waals surface area contributed by atoms with Crippen LogP contribution in [0.2, 0.25) is 0 Å². The summed E-state index contributed by atoms with van der Waals surface area (Å²) in [6.45, 7) is 0. The van der Waals surface area contributed by atoms with Crippen LogP contribution in [0.1, 0.15) is 28.1 Å². The van der Waals surface area contributed by atoms with Gasteiger partial charge in [0.2, 0.25) is 0 Å². The second-order valence-corrected chi connectivity index (χ2v) is 6.49. The minimum Gasteiger partial charge on any atom is -0.493 e. The van der Waals surface area contributed by atoms with Gasteiger partial charge in [-0.3, -0.25) is 5.10 Å². The predicted octanol–water partition coefficient (Wildman–Crippen LogP) is 3.85. The fourth-order valence-electron chi connectivity index (χ4n) is 3.76. The molecule has 1 aliphatic carbocycles. The molecule has 1 unspecified atom stereocenters. The van der Waals surface area contributed by atoms with E-state index in [9.17, 15) is 5.26 Å². The molecule has 4 rings (SSSR count). The number of methoxy groups -OCH3 is 2. The first kappa shape index (κ1) is 16.9. The number of aromatic amines is 1. The fraction of sp³-hybridized carbons (Fsp3) is 0.182. The molecule has 27 heavy (non-hydrogen) atoms. The molecule has 1 aliphatic rings. The number of benzene rings is 2. The van der Waals surface area contributed by atoms with Gasteiger partial charge in [0.05, 0.1) is 14.2 Å². The Morgan fingerprint density at radius 3 is 2.52 bits per heavy atom. The Labute approximate surface area is 157 Å². The van der Waals surface area contributed by atoms with E-state index in [-0.39, 0.29) is 0 Å². The average molecular weight is 357 g/mol. The molecule has 0 aliphatic heterocycles. The lowest BCUT2D eigenvalue weighted by Crippen LogP contribution is -2.30. The van der Waals surface area contributed by atoms with Crippen molar-refractivity contribution in [1.29, 1.82) is 5.26 Å². The van der Waals surface area contributed by atoms with E-state index in [2.05, 4.69) is 40.5 Å². The van der Waals surface area contributed by atoms with E-state index in [0.717, 1.165) is 22.4 Å². The lowest BCUT2D eigenvalue weighted by Gasteiger charge is -2.34. The largest absolute Gasteiger partial charge is 0.493 e. The van der Waals surface area contributed by atoms with E-state index in [4.69, 9.17) is 9.47 Å². The van der Waals surface area contributed by atoms with Gasteiger partial charge in [0, 0.05) is 23.1 Å². The van der Waals surface area contributed by atoms with Crippen molar-refractivity contribution in [3.8, 4) is 17.6 Å². The van der Waals surface area contributed by atoms with E-state index < -0.39 is 5.41 Å². The van der Waals surface area contributed by atoms with Gasteiger partial charge >= 0.3 is 0 Å². The van der Waals surface area contributed by atoms with Crippen molar-refractivity contribution < 1.29 is 9.47 Å². The van der Waals surface area contributed by atoms with Crippen LogP contribution in [0.5, 0.6) is 11.5 Å². The molecule has 0 radical (unpaired) electrons. The monoisotopic (exact) mass is 357 g/mol. The van der Waals surface area contributed by atoms with E-state index in [1.165, 1.54) is 0 Å². The van der Waals surface area contributed by atoms with Gasteiger partial charge in [-0.05, 0) is 23.3 Å². The van der Waals surface area contributed by atoms with E-state index >= 15 is 0 Å². The molecule has 0 saturated heterocycles. The number of ether oxygens (including phenoxy) is 2. The number of hydrogen-bond donors (Lipinski definition) is 1. The molecule has 2 aromatic carbocycles. The van der Waals surface area contributed by atoms with Gasteiger partial charge in [-0.1, -0.05) is 48.6 Å². The van der Waals surface area contributed by atoms with E-state index in [1.54, 1.807) is 14.2 Å². The third kappa shape index (κ3) is 2.67. The zero-order valence-corrected chi connectivity index (χ0v) is 15.2. The highest BCUT2D eigenvalue weighted by molar-refractivity contribution is 5.67. The van der Waals surface area contributed by atoms with Crippen molar-refractivity contribution in [1.82, 2.24) is 10.2 Å². The maximum atomic E-state index is 9.28. The van der Waals surface area contributed by atoms with Crippen LogP contribution in [0.25, 0.3) is 6.08 Å². The molecule has 0 bridgehead atoms. The molecule has 1 atom stereocenters. The number of nitrogens with one attached hydrogen (secondary N) is 1. The Hall–Kier alpha value is -3.52. The summed E-state index contributed by atoms with van der Waals surface area (Å²) in [5.41, 5.74) is 4.09. The van der Waals surface area contributed by atoms with Crippen molar-refractivity contribution in [3.63, 3.8) is 0 Å². The summed E-state index contributed by atoms with van der Waals surface area (Å²) in [6.07, 6.45) is 4.82. The molecule has 134 valence electrons. The number of hydrogen-bond acceptors (Lipinski definition) is 4. The van der Waals surface area contributed by atoms with Gasteiger partial charge in [0.1, 0.15) is 6.07 Å². The molecule has 1 aromatic heterocycles. The molecule has 3 aromatic rings. The van der Waals surface area contributed by atoms with Crippen LogP contribution in [0, 0.1) is 11.3 Å². The van der Waals surface area contributed by atoms with Crippen LogP contribution in [0.3, 0.4) is 0 Å². The summed E-state index contributed by atoms with van der Waals surface area (Å²) in [4.78, 5) is 0. The number of nitriles is 1. The van der Waals surface area contributed by atoms with E-state index in [0.29, 0.717) is 23.6 Å². The highest BCUT2D eigenvalue weighted by atomic mass is 16.5. The van der Waals surface area contributed by atoms with Gasteiger partial charge in [-0.25, -0.2) is 0 Å². The Bertz CT molecular complexity index is 1050. The second-order valence-electron chi connectivity index (χ2n) is 6.49. The summed E-state index contributed by atoms with van der Waals surface area (Å²) in [7, 11) is 3.27. The first-order valence-electron chi connectivity index (χ1n) is 8.66. The number of H-pyrrole nitrogens is 1. The number of allylic oxidation sites excluding steroid dienone is 1. The molecule has 1 N–H and O–H groups in total. The maximum Gasteiger partial charge on any atom is 0.169 e. The summed E-state index contributed by atoms with van der Waals surface area (Å²) in [5.74, 6) is 1.38. The van der Waals surface area contributed by atoms with Crippen LogP contribution in [0.4, 0.5) is 0 Å². The van der Waals surface area contributed by atoms with Crippen LogP contribution in [-0.4, -0.2) is 24.4 Å². The fourth-order valence-corrected chi connectivity index (χ4v) is 3.76. The minimum absolute atomic E-state index is 0.396. The zero-order valence-electron chi connectivity index (χ0n) is 15.2. The van der Waals surface area contributed by atoms with Crippen LogP contribution in [0.15, 0.2) is 54.6 Å². The number of nitrogens with zero attached hydrogens (tertiary/aromatic N) is 2. The molecule has 5 nitrogen and oxygen atoms in total. The van der Waals surface area contributed by atoms with Crippen LogP contribution < -0.4 is 9.47 Å². The van der Waals surface area contributed by atoms with Gasteiger partial charge in [-0.2, -0.15) is 10.4 Å². The summed E-state index contributed by atoms with van der Waals surface area (Å²) < 4.78 is 10.9. The number of fused-ring (bicyclic) bond motifs is 1. The first-order valence-corrected chi connectivity index (χ1v) is 8.66. The molecule has 0 fully saturated rings. The van der Waals surface area contributed by atoms with Gasteiger partial charge < -0.3 is 9.47 Å². The molecule has 5 heteroatoms. The molecule has 0 saturated carbocycles. The van der Waals surface area contributed by atoms with Crippen molar-refractivity contribution in [3.05, 3.63) is 82.7 Å². The second kappa shape index (κ2) is 6.65. The normalized spacial score (nSPS) is 17.8. The zero-order chi connectivity index (χ0) is 18.9. The van der Waals surface area contributed by atoms with Gasteiger partial charge in [0.15, 0.2) is 17.2 Å². The summed E-state index contributed by atoms with van der Waals surface area (Å²) in [6, 6.07) is 18.5. The van der Waals surface area contributed by atoms with Crippen molar-refractivity contribution in [2.45, 2.75) is 11.8 Å². The molecular weight excluding hydrogens is 338 g/mol. The first-order chi connectivity index (χ1) is 13.2. The smallest absolute Gasteiger partial charge is 0.169 e. The Balaban J connectivity index is 1.92. The lowest BCUT2D eigenvalue weighted by atomic mass is 9.68. The van der Waals surface area contributed by atoms with Gasteiger partial charge in [-0.15, -0.1) is 0 Å². The standard InChI is InChI=1S/C22H19N3O2/c1-26-20-9-8-16(12-21(20)27-2)22(15-6-4-3-5-7-15)11-10-17-18(13-22)24-25-19(17)14-23/h3-12H,13H2,1-2H3,(H,24,25). The minimum atomic E-state index is -0.396. The highest BCUT2D eigenvalue weighted by Crippen LogP contribution is 2.43. The van der Waals surface area contributed by atoms with Crippen molar-refractivity contribution >= 4 is 6.08 Å². The Morgan fingerprint density at radius 1 is 1.04 bits per heavy atom. The van der Waals surface area contributed by atoms with Crippen molar-refractivity contribution in [2.24, 2.45) is 0 Å². The Kier molecular flexibility index (Phi) is 4.17. The third-order valence-corrected chi connectivity index (χ3v) is 5.17. The highest BCUT2D eigenvalue weighted by Gasteiger charge is 2.37. The van der Waals surface area contributed by atoms with Gasteiger partial charge in [0.25, 0.3) is 0 Å². The number of rotatable bonds is 4. The van der Waals surface area contributed by atoms with Crippen LogP contribution in [-0.2, 0) is 11.8 Å². The predicted molar refractivity (Wildman–Crippen MR) is 103 cm³/mol. The quantitative estimate of drug-likeness (QED) is 0.770. The molecular formula is C22H19N3O2. The summed E-state index contributed by atoms with van der Waals surface area (Å²) >= 11 is 0. The lowest BCUT2D eigenvalue weighted by molar-refractivity contribution is 0.354. The SMILES string of the molecule is COc1ccc(C2(c3ccccc3)C=Cc3c(C#N)n[nH]c3C2)cc1OC. The molecule has 1 heterocycles. The van der Waals surface area contributed by atoms with Crippen molar-refractivity contribution in [2.75, 3.05) is 14.2 Å². The third-order valence-electron chi connectivity index (χ3n) is 5.17. The van der Waals surface area contributed by atoms with E-state index in [1.807, 2.05) is 36.4 Å². The van der Waals surface area contributed by atoms with Crippen LogP contribution >= 0.6 is 0 Å². The Morgan fingerprint density at radius 2 is 1.81 bits per heavy atom. The molecule has 0 spiro atoms. The number of aromatic nitrogens is 2. The summed E-state index contributed by atoms with van der Waals surface area (Å²) in [5, 5.41) is 16.5. The topological polar surface area (TPSA) is 70.9 Å². The average Bonchev–Trinajstić information content (AvgIpc) is 3.15. The molecule has 0 amide bonds. The maximum absolute atomic E-state index is 9.28.